The summed E-state index contributed by atoms with van der Waals surface area (Å²) in [5.74, 6) is -0.788. The van der Waals surface area contributed by atoms with Crippen LogP contribution in [0.5, 0.6) is 0 Å². The van der Waals surface area contributed by atoms with Crippen molar-refractivity contribution in [1.82, 2.24) is 5.32 Å². The zero-order valence-electron chi connectivity index (χ0n) is 13.3. The molecule has 1 aromatic heterocycles. The number of aryl methyl sites for hydroxylation is 2. The van der Waals surface area contributed by atoms with Crippen molar-refractivity contribution < 1.29 is 9.18 Å². The Morgan fingerprint density at radius 2 is 1.96 bits per heavy atom. The van der Waals surface area contributed by atoms with E-state index in [1.165, 1.54) is 46.8 Å². The Labute approximate surface area is 145 Å². The lowest BCUT2D eigenvalue weighted by molar-refractivity contribution is 0.0948. The van der Waals surface area contributed by atoms with Crippen LogP contribution in [-0.4, -0.2) is 5.91 Å². The molecule has 3 rings (SSSR count). The molecule has 0 aliphatic heterocycles. The fourth-order valence-electron chi connectivity index (χ4n) is 3.05. The number of fused-ring (bicyclic) bond motifs is 1. The molecule has 0 bridgehead atoms. The smallest absolute Gasteiger partial charge is 0.262 e. The summed E-state index contributed by atoms with van der Waals surface area (Å²) < 4.78 is 13.9. The Hall–Kier alpha value is -2.19. The Kier molecular flexibility index (Phi) is 5.27. The lowest BCUT2D eigenvalue weighted by atomic mass is 10.00. The summed E-state index contributed by atoms with van der Waals surface area (Å²) in [4.78, 5) is 14.4. The number of benzene rings is 1. The van der Waals surface area contributed by atoms with Gasteiger partial charge >= 0.3 is 0 Å². The highest BCUT2D eigenvalue weighted by molar-refractivity contribution is 7.14. The summed E-state index contributed by atoms with van der Waals surface area (Å²) in [5.41, 5.74) is 1.45. The third-order valence-corrected chi connectivity index (χ3v) is 5.58. The van der Waals surface area contributed by atoms with Crippen LogP contribution in [-0.2, 0) is 12.8 Å². The Balaban J connectivity index is 1.78. The number of rotatable bonds is 3. The van der Waals surface area contributed by atoms with Gasteiger partial charge in [0.2, 0.25) is 0 Å². The highest BCUT2D eigenvalue weighted by Crippen LogP contribution is 2.29. The SMILES string of the molecule is N#CC(NC(=O)c1cc2c(s1)CCCCCC2)c1ccccc1F. The lowest BCUT2D eigenvalue weighted by Gasteiger charge is -2.11. The maximum Gasteiger partial charge on any atom is 0.262 e. The normalized spacial score (nSPS) is 15.5. The van der Waals surface area contributed by atoms with Crippen LogP contribution < -0.4 is 5.32 Å². The van der Waals surface area contributed by atoms with Gasteiger partial charge in [-0.25, -0.2) is 4.39 Å². The molecule has 5 heteroatoms. The second-order valence-electron chi connectivity index (χ2n) is 6.03. The fourth-order valence-corrected chi connectivity index (χ4v) is 4.20. The van der Waals surface area contributed by atoms with Gasteiger partial charge in [0.1, 0.15) is 11.9 Å². The molecule has 1 aliphatic rings. The quantitative estimate of drug-likeness (QED) is 0.890. The number of hydrogen-bond donors (Lipinski definition) is 1. The van der Waals surface area contributed by atoms with Crippen LogP contribution in [0.2, 0.25) is 0 Å². The average molecular weight is 342 g/mol. The summed E-state index contributed by atoms with van der Waals surface area (Å²) in [6, 6.07) is 8.97. The minimum atomic E-state index is -0.983. The van der Waals surface area contributed by atoms with Gasteiger partial charge in [-0.1, -0.05) is 31.0 Å². The van der Waals surface area contributed by atoms with Gasteiger partial charge < -0.3 is 5.32 Å². The van der Waals surface area contributed by atoms with E-state index in [-0.39, 0.29) is 11.5 Å². The fraction of sp³-hybridized carbons (Fsp3) is 0.368. The molecule has 1 aliphatic carbocycles. The molecule has 1 aromatic carbocycles. The molecule has 0 radical (unpaired) electrons. The van der Waals surface area contributed by atoms with Gasteiger partial charge in [0.05, 0.1) is 10.9 Å². The van der Waals surface area contributed by atoms with Crippen LogP contribution >= 0.6 is 11.3 Å². The van der Waals surface area contributed by atoms with Crippen molar-refractivity contribution in [2.75, 3.05) is 0 Å². The summed E-state index contributed by atoms with van der Waals surface area (Å²) >= 11 is 1.50. The molecular formula is C19H19FN2OS. The first-order valence-electron chi connectivity index (χ1n) is 8.25. The van der Waals surface area contributed by atoms with Crippen LogP contribution in [0.1, 0.15) is 57.4 Å². The van der Waals surface area contributed by atoms with Gasteiger partial charge in [-0.2, -0.15) is 5.26 Å². The Morgan fingerprint density at radius 1 is 1.21 bits per heavy atom. The first-order chi connectivity index (χ1) is 11.7. The van der Waals surface area contributed by atoms with Gasteiger partial charge in [0, 0.05) is 10.4 Å². The molecule has 1 amide bonds. The van der Waals surface area contributed by atoms with E-state index >= 15 is 0 Å². The molecule has 3 nitrogen and oxygen atoms in total. The molecule has 1 atom stereocenters. The van der Waals surface area contributed by atoms with Crippen LogP contribution in [0.3, 0.4) is 0 Å². The minimum absolute atomic E-state index is 0.197. The van der Waals surface area contributed by atoms with Gasteiger partial charge in [0.15, 0.2) is 0 Å². The third kappa shape index (κ3) is 3.65. The van der Waals surface area contributed by atoms with E-state index in [1.54, 1.807) is 12.1 Å². The number of carbonyl (C=O) groups is 1. The zero-order valence-corrected chi connectivity index (χ0v) is 14.2. The maximum absolute atomic E-state index is 13.9. The maximum atomic E-state index is 13.9. The standard InChI is InChI=1S/C19H19FN2OS/c20-15-9-6-5-8-14(15)16(12-21)22-19(23)18-11-13-7-3-1-2-4-10-17(13)24-18/h5-6,8-9,11,16H,1-4,7,10H2,(H,22,23). The summed E-state index contributed by atoms with van der Waals surface area (Å²) in [6.07, 6.45) is 6.81. The van der Waals surface area contributed by atoms with E-state index in [2.05, 4.69) is 5.32 Å². The topological polar surface area (TPSA) is 52.9 Å². The zero-order chi connectivity index (χ0) is 16.9. The number of amides is 1. The van der Waals surface area contributed by atoms with E-state index in [4.69, 9.17) is 0 Å². The number of nitriles is 1. The average Bonchev–Trinajstić information content (AvgIpc) is 2.95. The first-order valence-corrected chi connectivity index (χ1v) is 9.07. The summed E-state index contributed by atoms with van der Waals surface area (Å²) in [7, 11) is 0. The number of hydrogen-bond acceptors (Lipinski definition) is 3. The number of thiophene rings is 1. The van der Waals surface area contributed by atoms with Gasteiger partial charge in [-0.05, 0) is 43.4 Å². The molecule has 124 valence electrons. The van der Waals surface area contributed by atoms with Crippen molar-refractivity contribution in [2.24, 2.45) is 0 Å². The van der Waals surface area contributed by atoms with Gasteiger partial charge in [-0.3, -0.25) is 4.79 Å². The van der Waals surface area contributed by atoms with Crippen LogP contribution in [0, 0.1) is 17.1 Å². The van der Waals surface area contributed by atoms with Crippen molar-refractivity contribution in [2.45, 2.75) is 44.6 Å². The van der Waals surface area contributed by atoms with Crippen LogP contribution in [0.15, 0.2) is 30.3 Å². The molecule has 0 spiro atoms. The number of nitrogens with zero attached hydrogens (tertiary/aromatic N) is 1. The molecule has 0 saturated heterocycles. The predicted octanol–water partition coefficient (Wildman–Crippen LogP) is 4.54. The van der Waals surface area contributed by atoms with E-state index < -0.39 is 11.9 Å². The van der Waals surface area contributed by atoms with Crippen LogP contribution in [0.4, 0.5) is 4.39 Å². The summed E-state index contributed by atoms with van der Waals surface area (Å²) in [6.45, 7) is 0. The highest BCUT2D eigenvalue weighted by atomic mass is 32.1. The van der Waals surface area contributed by atoms with Crippen molar-refractivity contribution in [1.29, 1.82) is 5.26 Å². The largest absolute Gasteiger partial charge is 0.332 e. The van der Waals surface area contributed by atoms with Crippen molar-refractivity contribution in [3.63, 3.8) is 0 Å². The molecule has 2 aromatic rings. The van der Waals surface area contributed by atoms with Crippen molar-refractivity contribution in [3.8, 4) is 6.07 Å². The monoisotopic (exact) mass is 342 g/mol. The summed E-state index contributed by atoms with van der Waals surface area (Å²) in [5, 5.41) is 12.0. The number of halogens is 1. The highest BCUT2D eigenvalue weighted by Gasteiger charge is 2.21. The van der Waals surface area contributed by atoms with Gasteiger partial charge in [0.25, 0.3) is 5.91 Å². The molecule has 0 fully saturated rings. The molecule has 0 saturated carbocycles. The second-order valence-corrected chi connectivity index (χ2v) is 7.17. The second kappa shape index (κ2) is 7.59. The number of nitrogens with one attached hydrogen (secondary N) is 1. The van der Waals surface area contributed by atoms with Crippen LogP contribution in [0.25, 0.3) is 0 Å². The molecule has 1 unspecified atom stereocenters. The predicted molar refractivity (Wildman–Crippen MR) is 92.4 cm³/mol. The van der Waals surface area contributed by atoms with E-state index in [9.17, 15) is 14.4 Å². The van der Waals surface area contributed by atoms with E-state index in [0.717, 1.165) is 25.7 Å². The molecule has 24 heavy (non-hydrogen) atoms. The molecule has 1 N–H and O–H groups in total. The molecular weight excluding hydrogens is 323 g/mol. The Morgan fingerprint density at radius 3 is 2.71 bits per heavy atom. The van der Waals surface area contributed by atoms with E-state index in [0.29, 0.717) is 4.88 Å². The van der Waals surface area contributed by atoms with E-state index in [1.807, 2.05) is 12.1 Å². The molecule has 1 heterocycles. The van der Waals surface area contributed by atoms with Crippen molar-refractivity contribution in [3.05, 3.63) is 57.0 Å². The Bertz CT molecular complexity index is 752. The number of carbonyl (C=O) groups excluding carboxylic acids is 1. The first kappa shape index (κ1) is 16.7. The lowest BCUT2D eigenvalue weighted by Crippen LogP contribution is -2.27. The van der Waals surface area contributed by atoms with Gasteiger partial charge in [-0.15, -0.1) is 11.3 Å². The van der Waals surface area contributed by atoms with Crippen molar-refractivity contribution >= 4 is 17.2 Å². The minimum Gasteiger partial charge on any atom is -0.332 e. The third-order valence-electron chi connectivity index (χ3n) is 4.34.